The van der Waals surface area contributed by atoms with Gasteiger partial charge in [-0.3, -0.25) is 4.79 Å². The van der Waals surface area contributed by atoms with Gasteiger partial charge in [-0.05, 0) is 42.3 Å². The number of aryl methyl sites for hydroxylation is 1. The zero-order valence-corrected chi connectivity index (χ0v) is 15.9. The summed E-state index contributed by atoms with van der Waals surface area (Å²) >= 11 is 5.10. The number of carbonyl (C=O) groups is 1. The van der Waals surface area contributed by atoms with Crippen LogP contribution in [-0.4, -0.2) is 18.0 Å². The number of hydrogen-bond acceptors (Lipinski definition) is 4. The number of thiazole rings is 1. The maximum absolute atomic E-state index is 11.5. The van der Waals surface area contributed by atoms with Crippen LogP contribution < -0.4 is 10.1 Å². The van der Waals surface area contributed by atoms with E-state index < -0.39 is 0 Å². The Morgan fingerprint density at radius 3 is 2.92 bits per heavy atom. The minimum atomic E-state index is 0.0814. The Labute approximate surface area is 158 Å². The molecular weight excluding hydrogens is 400 g/mol. The summed E-state index contributed by atoms with van der Waals surface area (Å²) in [6.45, 7) is 0. The Morgan fingerprint density at radius 1 is 1.20 bits per heavy atom. The Hall–Kier alpha value is -2.18. The lowest BCUT2D eigenvalue weighted by Crippen LogP contribution is -2.18. The number of methoxy groups -OCH3 is 1. The molecule has 0 saturated heterocycles. The molecule has 1 aliphatic rings. The number of benzene rings is 2. The number of amides is 1. The molecule has 0 saturated carbocycles. The van der Waals surface area contributed by atoms with Crippen LogP contribution in [0.1, 0.15) is 12.0 Å². The second kappa shape index (κ2) is 6.61. The van der Waals surface area contributed by atoms with Crippen LogP contribution in [-0.2, 0) is 11.2 Å². The van der Waals surface area contributed by atoms with Gasteiger partial charge in [0, 0.05) is 27.5 Å². The predicted molar refractivity (Wildman–Crippen MR) is 104 cm³/mol. The van der Waals surface area contributed by atoms with E-state index in [1.165, 1.54) is 0 Å². The van der Waals surface area contributed by atoms with Crippen molar-refractivity contribution in [1.29, 1.82) is 0 Å². The fourth-order valence-corrected chi connectivity index (χ4v) is 4.13. The molecule has 1 N–H and O–H groups in total. The van der Waals surface area contributed by atoms with Crippen molar-refractivity contribution in [3.8, 4) is 27.6 Å². The molecule has 0 bridgehead atoms. The van der Waals surface area contributed by atoms with Crippen molar-refractivity contribution in [3.63, 3.8) is 0 Å². The van der Waals surface area contributed by atoms with Gasteiger partial charge in [0.2, 0.25) is 5.91 Å². The van der Waals surface area contributed by atoms with E-state index in [-0.39, 0.29) is 5.91 Å². The van der Waals surface area contributed by atoms with Crippen LogP contribution in [0.25, 0.3) is 21.8 Å². The lowest BCUT2D eigenvalue weighted by Gasteiger charge is -2.17. The van der Waals surface area contributed by atoms with Crippen LogP contribution in [0.3, 0.4) is 0 Å². The van der Waals surface area contributed by atoms with E-state index in [9.17, 15) is 4.79 Å². The second-order valence-corrected chi connectivity index (χ2v) is 7.58. The molecule has 2 heterocycles. The van der Waals surface area contributed by atoms with Gasteiger partial charge in [0.1, 0.15) is 10.8 Å². The highest BCUT2D eigenvalue weighted by atomic mass is 79.9. The Kier molecular flexibility index (Phi) is 4.31. The highest BCUT2D eigenvalue weighted by Gasteiger charge is 2.17. The highest BCUT2D eigenvalue weighted by molar-refractivity contribution is 9.10. The third-order valence-corrected chi connectivity index (χ3v) is 5.56. The number of anilines is 1. The number of ether oxygens (including phenoxy) is 1. The highest BCUT2D eigenvalue weighted by Crippen LogP contribution is 2.37. The first kappa shape index (κ1) is 16.3. The molecule has 25 heavy (non-hydrogen) atoms. The topological polar surface area (TPSA) is 51.2 Å². The first-order valence-electron chi connectivity index (χ1n) is 7.86. The summed E-state index contributed by atoms with van der Waals surface area (Å²) in [5, 5.41) is 5.88. The smallest absolute Gasteiger partial charge is 0.224 e. The minimum Gasteiger partial charge on any atom is -0.496 e. The maximum Gasteiger partial charge on any atom is 0.224 e. The number of halogens is 1. The fourth-order valence-electron chi connectivity index (χ4n) is 2.92. The molecule has 0 fully saturated rings. The van der Waals surface area contributed by atoms with Gasteiger partial charge in [-0.1, -0.05) is 22.0 Å². The van der Waals surface area contributed by atoms with Crippen molar-refractivity contribution in [2.24, 2.45) is 0 Å². The summed E-state index contributed by atoms with van der Waals surface area (Å²) in [5.41, 5.74) is 5.03. The van der Waals surface area contributed by atoms with Crippen molar-refractivity contribution in [3.05, 3.63) is 51.8 Å². The Morgan fingerprint density at radius 2 is 2.08 bits per heavy atom. The normalized spacial score (nSPS) is 13.3. The van der Waals surface area contributed by atoms with Gasteiger partial charge in [-0.25, -0.2) is 4.98 Å². The maximum atomic E-state index is 11.5. The molecule has 3 aromatic rings. The minimum absolute atomic E-state index is 0.0814. The summed E-state index contributed by atoms with van der Waals surface area (Å²) in [5.74, 6) is 0.884. The van der Waals surface area contributed by atoms with Crippen LogP contribution >= 0.6 is 27.3 Å². The molecule has 0 atom stereocenters. The molecule has 1 amide bonds. The van der Waals surface area contributed by atoms with E-state index >= 15 is 0 Å². The number of fused-ring (bicyclic) bond motifs is 1. The summed E-state index contributed by atoms with van der Waals surface area (Å²) in [7, 11) is 1.67. The average molecular weight is 415 g/mol. The largest absolute Gasteiger partial charge is 0.496 e. The van der Waals surface area contributed by atoms with Crippen molar-refractivity contribution < 1.29 is 9.53 Å². The van der Waals surface area contributed by atoms with Gasteiger partial charge in [0.25, 0.3) is 0 Å². The van der Waals surface area contributed by atoms with E-state index in [0.29, 0.717) is 6.42 Å². The molecule has 0 unspecified atom stereocenters. The van der Waals surface area contributed by atoms with Crippen LogP contribution in [0.4, 0.5) is 5.69 Å². The first-order valence-corrected chi connectivity index (χ1v) is 9.54. The molecule has 2 aromatic carbocycles. The van der Waals surface area contributed by atoms with Gasteiger partial charge in [0.15, 0.2) is 0 Å². The Balaban J connectivity index is 1.71. The first-order chi connectivity index (χ1) is 12.1. The van der Waals surface area contributed by atoms with E-state index in [4.69, 9.17) is 9.72 Å². The Bertz CT molecular complexity index is 968. The van der Waals surface area contributed by atoms with Crippen molar-refractivity contribution >= 4 is 38.9 Å². The molecule has 1 aromatic heterocycles. The van der Waals surface area contributed by atoms with E-state index in [1.807, 2.05) is 30.3 Å². The zero-order chi connectivity index (χ0) is 17.4. The zero-order valence-electron chi connectivity index (χ0n) is 13.5. The number of rotatable bonds is 3. The average Bonchev–Trinajstić information content (AvgIpc) is 3.11. The summed E-state index contributed by atoms with van der Waals surface area (Å²) < 4.78 is 6.45. The van der Waals surface area contributed by atoms with E-state index in [2.05, 4.69) is 32.7 Å². The van der Waals surface area contributed by atoms with Gasteiger partial charge >= 0.3 is 0 Å². The fraction of sp³-hybridized carbons (Fsp3) is 0.158. The van der Waals surface area contributed by atoms with Crippen LogP contribution in [0.15, 0.2) is 46.3 Å². The lowest BCUT2D eigenvalue weighted by atomic mass is 9.99. The van der Waals surface area contributed by atoms with Gasteiger partial charge < -0.3 is 10.1 Å². The monoisotopic (exact) mass is 414 g/mol. The van der Waals surface area contributed by atoms with Crippen molar-refractivity contribution in [2.75, 3.05) is 12.4 Å². The molecule has 6 heteroatoms. The number of nitrogens with zero attached hydrogens (tertiary/aromatic N) is 1. The van der Waals surface area contributed by atoms with E-state index in [1.54, 1.807) is 18.4 Å². The molecule has 1 aliphatic heterocycles. The van der Waals surface area contributed by atoms with Crippen LogP contribution in [0.5, 0.6) is 5.75 Å². The standard InChI is InChI=1S/C19H15BrN2O2S/c1-24-17-6-4-13(20)9-14(17)19-22-16(10-25-19)12-2-5-15-11(8-12)3-7-18(23)21-15/h2,4-6,8-10H,3,7H2,1H3,(H,21,23). The van der Waals surface area contributed by atoms with Gasteiger partial charge in [-0.15, -0.1) is 11.3 Å². The molecule has 126 valence electrons. The van der Waals surface area contributed by atoms with Crippen molar-refractivity contribution in [1.82, 2.24) is 4.98 Å². The third kappa shape index (κ3) is 3.19. The molecule has 4 rings (SSSR count). The number of nitrogens with one attached hydrogen (secondary N) is 1. The summed E-state index contributed by atoms with van der Waals surface area (Å²) in [6, 6.07) is 12.0. The molecule has 0 radical (unpaired) electrons. The predicted octanol–water partition coefficient (Wildman–Crippen LogP) is 5.13. The number of aromatic nitrogens is 1. The third-order valence-electron chi connectivity index (χ3n) is 4.19. The molecule has 0 aliphatic carbocycles. The molecule has 0 spiro atoms. The summed E-state index contributed by atoms with van der Waals surface area (Å²) in [4.78, 5) is 16.3. The number of hydrogen-bond donors (Lipinski definition) is 1. The van der Waals surface area contributed by atoms with Gasteiger partial charge in [0.05, 0.1) is 18.4 Å². The quantitative estimate of drug-likeness (QED) is 0.645. The SMILES string of the molecule is COc1ccc(Br)cc1-c1nc(-c2ccc3c(c2)CCC(=O)N3)cs1. The van der Waals surface area contributed by atoms with Crippen LogP contribution in [0.2, 0.25) is 0 Å². The lowest BCUT2D eigenvalue weighted by molar-refractivity contribution is -0.116. The molecular formula is C19H15BrN2O2S. The van der Waals surface area contributed by atoms with Gasteiger partial charge in [-0.2, -0.15) is 0 Å². The van der Waals surface area contributed by atoms with Crippen molar-refractivity contribution in [2.45, 2.75) is 12.8 Å². The van der Waals surface area contributed by atoms with Crippen LogP contribution in [0, 0.1) is 0 Å². The summed E-state index contributed by atoms with van der Waals surface area (Å²) in [6.07, 6.45) is 1.31. The second-order valence-electron chi connectivity index (χ2n) is 5.80. The van der Waals surface area contributed by atoms with E-state index in [0.717, 1.165) is 49.7 Å². The molecule has 4 nitrogen and oxygen atoms in total. The number of carbonyl (C=O) groups excluding carboxylic acids is 1.